The van der Waals surface area contributed by atoms with Gasteiger partial charge in [0, 0.05) is 29.4 Å². The largest absolute Gasteiger partial charge is 0.480 e. The van der Waals surface area contributed by atoms with E-state index in [0.29, 0.717) is 0 Å². The summed E-state index contributed by atoms with van der Waals surface area (Å²) in [6.07, 6.45) is 4.89. The molecule has 0 spiro atoms. The third-order valence-corrected chi connectivity index (χ3v) is 4.19. The molecule has 110 valence electrons. The lowest BCUT2D eigenvalue weighted by molar-refractivity contribution is -0.143. The molecule has 5 heteroatoms. The number of hydrogen-bond acceptors (Lipinski definition) is 2. The highest BCUT2D eigenvalue weighted by atomic mass is 16.4. The van der Waals surface area contributed by atoms with Gasteiger partial charge in [0.15, 0.2) is 0 Å². The van der Waals surface area contributed by atoms with Gasteiger partial charge in [0.05, 0.1) is 0 Å². The minimum atomic E-state index is -0.993. The Morgan fingerprint density at radius 2 is 2.10 bits per heavy atom. The van der Waals surface area contributed by atoms with Gasteiger partial charge >= 0.3 is 5.97 Å². The first-order valence-electron chi connectivity index (χ1n) is 7.23. The smallest absolute Gasteiger partial charge is 0.326 e. The highest BCUT2D eigenvalue weighted by Crippen LogP contribution is 2.26. The number of benzene rings is 1. The number of aliphatic carboxylic acids is 1. The van der Waals surface area contributed by atoms with Crippen LogP contribution in [0.2, 0.25) is 0 Å². The highest BCUT2D eigenvalue weighted by molar-refractivity contribution is 5.87. The van der Waals surface area contributed by atoms with E-state index in [4.69, 9.17) is 0 Å². The summed E-state index contributed by atoms with van der Waals surface area (Å²) in [6.45, 7) is 0. The Morgan fingerprint density at radius 3 is 2.76 bits per heavy atom. The Kier molecular flexibility index (Phi) is 3.64. The molecule has 3 N–H and O–H groups in total. The van der Waals surface area contributed by atoms with E-state index in [1.807, 2.05) is 30.5 Å². The Balaban J connectivity index is 1.75. The monoisotopic (exact) mass is 286 g/mol. The fraction of sp³-hybridized carbons (Fsp3) is 0.375. The third-order valence-electron chi connectivity index (χ3n) is 4.19. The number of carbonyl (C=O) groups is 2. The molecule has 1 heterocycles. The van der Waals surface area contributed by atoms with E-state index in [0.717, 1.165) is 35.7 Å². The van der Waals surface area contributed by atoms with Crippen LogP contribution in [0, 0.1) is 5.92 Å². The number of fused-ring (bicyclic) bond motifs is 1. The summed E-state index contributed by atoms with van der Waals surface area (Å²) < 4.78 is 0. The van der Waals surface area contributed by atoms with Gasteiger partial charge in [-0.2, -0.15) is 0 Å². The van der Waals surface area contributed by atoms with Crippen LogP contribution >= 0.6 is 0 Å². The van der Waals surface area contributed by atoms with Gasteiger partial charge in [-0.15, -0.1) is 0 Å². The number of aromatic amines is 1. The maximum absolute atomic E-state index is 12.0. The van der Waals surface area contributed by atoms with E-state index < -0.39 is 12.0 Å². The average molecular weight is 286 g/mol. The minimum absolute atomic E-state index is 0.00480. The van der Waals surface area contributed by atoms with Gasteiger partial charge < -0.3 is 15.4 Å². The Hall–Kier alpha value is -2.30. The van der Waals surface area contributed by atoms with Crippen LogP contribution < -0.4 is 5.32 Å². The Morgan fingerprint density at radius 1 is 1.33 bits per heavy atom. The molecule has 1 aromatic carbocycles. The molecule has 1 aliphatic rings. The van der Waals surface area contributed by atoms with E-state index in [9.17, 15) is 14.7 Å². The summed E-state index contributed by atoms with van der Waals surface area (Å²) in [5.41, 5.74) is 1.88. The number of carbonyl (C=O) groups excluding carboxylic acids is 1. The van der Waals surface area contributed by atoms with Crippen LogP contribution in [0.3, 0.4) is 0 Å². The number of para-hydroxylation sites is 1. The van der Waals surface area contributed by atoms with Gasteiger partial charge in [-0.05, 0) is 24.5 Å². The average Bonchev–Trinajstić information content (AvgIpc) is 2.79. The minimum Gasteiger partial charge on any atom is -0.480 e. The van der Waals surface area contributed by atoms with Crippen LogP contribution in [0.25, 0.3) is 10.9 Å². The lowest BCUT2D eigenvalue weighted by Crippen LogP contribution is -2.46. The molecule has 2 aromatic rings. The number of H-pyrrole nitrogens is 1. The molecule has 1 fully saturated rings. The fourth-order valence-corrected chi connectivity index (χ4v) is 2.68. The summed E-state index contributed by atoms with van der Waals surface area (Å²) >= 11 is 0. The number of aromatic nitrogens is 1. The van der Waals surface area contributed by atoms with Crippen molar-refractivity contribution in [3.63, 3.8) is 0 Å². The van der Waals surface area contributed by atoms with Crippen molar-refractivity contribution in [3.05, 3.63) is 36.0 Å². The zero-order valence-corrected chi connectivity index (χ0v) is 11.6. The molecule has 0 aliphatic heterocycles. The molecular formula is C16H18N2O3. The molecular weight excluding hydrogens is 268 g/mol. The van der Waals surface area contributed by atoms with Crippen molar-refractivity contribution < 1.29 is 14.7 Å². The third kappa shape index (κ3) is 2.77. The van der Waals surface area contributed by atoms with Crippen molar-refractivity contribution in [1.82, 2.24) is 10.3 Å². The molecule has 1 atom stereocenters. The highest BCUT2D eigenvalue weighted by Gasteiger charge is 2.29. The van der Waals surface area contributed by atoms with E-state index >= 15 is 0 Å². The normalized spacial score (nSPS) is 16.4. The molecule has 1 aromatic heterocycles. The van der Waals surface area contributed by atoms with Crippen LogP contribution in [-0.4, -0.2) is 28.0 Å². The zero-order chi connectivity index (χ0) is 14.8. The van der Waals surface area contributed by atoms with E-state index in [2.05, 4.69) is 10.3 Å². The molecule has 3 rings (SSSR count). The summed E-state index contributed by atoms with van der Waals surface area (Å²) in [7, 11) is 0. The van der Waals surface area contributed by atoms with Gasteiger partial charge in [-0.3, -0.25) is 4.79 Å². The predicted molar refractivity (Wildman–Crippen MR) is 78.9 cm³/mol. The number of nitrogens with one attached hydrogen (secondary N) is 2. The molecule has 0 bridgehead atoms. The van der Waals surface area contributed by atoms with Crippen molar-refractivity contribution in [2.24, 2.45) is 5.92 Å². The quantitative estimate of drug-likeness (QED) is 0.787. The lowest BCUT2D eigenvalue weighted by atomic mass is 9.84. The molecule has 1 saturated carbocycles. The SMILES string of the molecule is O=C(N[C@@H](Cc1c[nH]c2ccccc12)C(=O)O)C1CCC1. The fourth-order valence-electron chi connectivity index (χ4n) is 2.68. The molecule has 1 aliphatic carbocycles. The van der Waals surface area contributed by atoms with Gasteiger partial charge in [-0.25, -0.2) is 4.79 Å². The van der Waals surface area contributed by atoms with Crippen molar-refractivity contribution >= 4 is 22.8 Å². The second-order valence-corrected chi connectivity index (χ2v) is 5.59. The zero-order valence-electron chi connectivity index (χ0n) is 11.6. The first kappa shape index (κ1) is 13.7. The number of carboxylic acid groups (broad SMARTS) is 1. The topological polar surface area (TPSA) is 82.2 Å². The van der Waals surface area contributed by atoms with Crippen molar-refractivity contribution in [2.75, 3.05) is 0 Å². The molecule has 1 amide bonds. The van der Waals surface area contributed by atoms with E-state index in [1.54, 1.807) is 0 Å². The van der Waals surface area contributed by atoms with Gasteiger partial charge in [-0.1, -0.05) is 24.6 Å². The van der Waals surface area contributed by atoms with E-state index in [1.165, 1.54) is 0 Å². The van der Waals surface area contributed by atoms with Crippen LogP contribution in [0.4, 0.5) is 0 Å². The standard InChI is InChI=1S/C16H18N2O3/c19-15(10-4-3-5-10)18-14(16(20)21)8-11-9-17-13-7-2-1-6-12(11)13/h1-2,6-7,9-10,14,17H,3-5,8H2,(H,18,19)(H,20,21)/t14-/m0/s1. The Bertz CT molecular complexity index is 673. The van der Waals surface area contributed by atoms with Gasteiger partial charge in [0.1, 0.15) is 6.04 Å². The number of carboxylic acids is 1. The van der Waals surface area contributed by atoms with Crippen LogP contribution in [-0.2, 0) is 16.0 Å². The second kappa shape index (κ2) is 5.60. The summed E-state index contributed by atoms with van der Waals surface area (Å²) in [5, 5.41) is 13.0. The number of amides is 1. The maximum atomic E-state index is 12.0. The summed E-state index contributed by atoms with van der Waals surface area (Å²) in [5.74, 6) is -1.13. The first-order chi connectivity index (χ1) is 10.1. The van der Waals surface area contributed by atoms with Crippen molar-refractivity contribution in [2.45, 2.75) is 31.7 Å². The molecule has 0 radical (unpaired) electrons. The predicted octanol–water partition coefficient (Wildman–Crippen LogP) is 2.08. The van der Waals surface area contributed by atoms with Crippen molar-refractivity contribution in [3.8, 4) is 0 Å². The summed E-state index contributed by atoms with van der Waals surface area (Å²) in [6, 6.07) is 6.87. The van der Waals surface area contributed by atoms with Crippen LogP contribution in [0.5, 0.6) is 0 Å². The number of rotatable bonds is 5. The Labute approximate surface area is 122 Å². The van der Waals surface area contributed by atoms with Crippen molar-refractivity contribution in [1.29, 1.82) is 0 Å². The molecule has 21 heavy (non-hydrogen) atoms. The van der Waals surface area contributed by atoms with Gasteiger partial charge in [0.2, 0.25) is 5.91 Å². The second-order valence-electron chi connectivity index (χ2n) is 5.59. The van der Waals surface area contributed by atoms with Crippen LogP contribution in [0.15, 0.2) is 30.5 Å². The number of hydrogen-bond donors (Lipinski definition) is 3. The maximum Gasteiger partial charge on any atom is 0.326 e. The van der Waals surface area contributed by atoms with Crippen LogP contribution in [0.1, 0.15) is 24.8 Å². The van der Waals surface area contributed by atoms with E-state index in [-0.39, 0.29) is 18.2 Å². The van der Waals surface area contributed by atoms with Gasteiger partial charge in [0.25, 0.3) is 0 Å². The summed E-state index contributed by atoms with van der Waals surface area (Å²) in [4.78, 5) is 26.5. The lowest BCUT2D eigenvalue weighted by Gasteiger charge is -2.26. The molecule has 5 nitrogen and oxygen atoms in total. The molecule has 0 saturated heterocycles. The molecule has 0 unspecified atom stereocenters. The first-order valence-corrected chi connectivity index (χ1v) is 7.23.